The number of amides is 1. The van der Waals surface area contributed by atoms with E-state index in [1.54, 1.807) is 0 Å². The van der Waals surface area contributed by atoms with E-state index in [4.69, 9.17) is 0 Å². The Labute approximate surface area is 130 Å². The highest BCUT2D eigenvalue weighted by Crippen LogP contribution is 2.26. The van der Waals surface area contributed by atoms with Crippen LogP contribution in [0.25, 0.3) is 0 Å². The highest BCUT2D eigenvalue weighted by Gasteiger charge is 2.28. The Morgan fingerprint density at radius 2 is 2.00 bits per heavy atom. The third-order valence-corrected chi connectivity index (χ3v) is 5.05. The van der Waals surface area contributed by atoms with Crippen LogP contribution in [0.3, 0.4) is 0 Å². The van der Waals surface area contributed by atoms with Gasteiger partial charge in [-0.1, -0.05) is 25.7 Å². The number of carbonyl (C=O) groups is 1. The van der Waals surface area contributed by atoms with E-state index in [1.165, 1.54) is 44.7 Å². The van der Waals surface area contributed by atoms with Crippen molar-refractivity contribution in [2.75, 3.05) is 19.6 Å². The van der Waals surface area contributed by atoms with E-state index in [-0.39, 0.29) is 11.6 Å². The average molecular weight is 306 g/mol. The van der Waals surface area contributed by atoms with Gasteiger partial charge in [0.2, 0.25) is 0 Å². The fourth-order valence-electron chi connectivity index (χ4n) is 3.77. The van der Waals surface area contributed by atoms with Gasteiger partial charge in [-0.25, -0.2) is 4.79 Å². The Kier molecular flexibility index (Phi) is 4.97. The molecule has 122 valence electrons. The minimum absolute atomic E-state index is 0.203. The minimum atomic E-state index is -0.342. The molecule has 1 atom stereocenters. The molecule has 1 saturated heterocycles. The zero-order chi connectivity index (χ0) is 15.4. The van der Waals surface area contributed by atoms with Crippen LogP contribution in [0.15, 0.2) is 11.0 Å². The zero-order valence-electron chi connectivity index (χ0n) is 13.1. The highest BCUT2D eigenvalue weighted by atomic mass is 16.2. The molecular weight excluding hydrogens is 280 g/mol. The normalized spacial score (nSPS) is 24.3. The summed E-state index contributed by atoms with van der Waals surface area (Å²) in [4.78, 5) is 30.5. The molecule has 1 saturated carbocycles. The van der Waals surface area contributed by atoms with E-state index in [0.29, 0.717) is 18.2 Å². The Bertz CT molecular complexity index is 542. The lowest BCUT2D eigenvalue weighted by atomic mass is 10.1. The summed E-state index contributed by atoms with van der Waals surface area (Å²) in [5.41, 5.74) is -0.0332. The van der Waals surface area contributed by atoms with Gasteiger partial charge in [-0.3, -0.25) is 4.79 Å². The van der Waals surface area contributed by atoms with Gasteiger partial charge in [0.15, 0.2) is 0 Å². The van der Waals surface area contributed by atoms with Crippen LogP contribution in [-0.4, -0.2) is 46.5 Å². The molecular formula is C16H26N4O2. The van der Waals surface area contributed by atoms with Crippen LogP contribution in [0, 0.1) is 5.92 Å². The Hall–Kier alpha value is -1.56. The summed E-state index contributed by atoms with van der Waals surface area (Å²) >= 11 is 0. The SMILES string of the molecule is O=C(NC[C@H]1CCN(C2CCCCCC2)C1)c1c[nH]c(=O)[nH]1. The Morgan fingerprint density at radius 3 is 2.68 bits per heavy atom. The van der Waals surface area contributed by atoms with Gasteiger partial charge < -0.3 is 20.2 Å². The number of rotatable bonds is 4. The largest absolute Gasteiger partial charge is 0.350 e. The first-order valence-corrected chi connectivity index (χ1v) is 8.52. The lowest BCUT2D eigenvalue weighted by Crippen LogP contribution is -2.35. The molecule has 1 aromatic heterocycles. The molecule has 6 nitrogen and oxygen atoms in total. The lowest BCUT2D eigenvalue weighted by Gasteiger charge is -2.26. The predicted octanol–water partition coefficient (Wildman–Crippen LogP) is 1.48. The van der Waals surface area contributed by atoms with Crippen LogP contribution in [0.1, 0.15) is 55.4 Å². The van der Waals surface area contributed by atoms with Crippen LogP contribution < -0.4 is 11.0 Å². The van der Waals surface area contributed by atoms with Crippen LogP contribution >= 0.6 is 0 Å². The second-order valence-electron chi connectivity index (χ2n) is 6.66. The number of imidazole rings is 1. The molecule has 22 heavy (non-hydrogen) atoms. The minimum Gasteiger partial charge on any atom is -0.350 e. The maximum Gasteiger partial charge on any atom is 0.323 e. The average Bonchev–Trinajstić information content (AvgIpc) is 3.07. The van der Waals surface area contributed by atoms with Gasteiger partial charge in [0.05, 0.1) is 0 Å². The molecule has 2 aliphatic rings. The third-order valence-electron chi connectivity index (χ3n) is 5.05. The molecule has 3 rings (SSSR count). The van der Waals surface area contributed by atoms with Gasteiger partial charge in [0, 0.05) is 25.3 Å². The van der Waals surface area contributed by atoms with Crippen molar-refractivity contribution in [3.63, 3.8) is 0 Å². The number of aromatic amines is 2. The fourth-order valence-corrected chi connectivity index (χ4v) is 3.77. The van der Waals surface area contributed by atoms with Gasteiger partial charge in [-0.05, 0) is 31.7 Å². The molecule has 6 heteroatoms. The van der Waals surface area contributed by atoms with Crippen LogP contribution in [0.2, 0.25) is 0 Å². The first kappa shape index (κ1) is 15.3. The molecule has 3 N–H and O–H groups in total. The summed E-state index contributed by atoms with van der Waals surface area (Å²) in [5, 5.41) is 2.93. The van der Waals surface area contributed by atoms with Crippen LogP contribution in [0.4, 0.5) is 0 Å². The van der Waals surface area contributed by atoms with Crippen LogP contribution in [-0.2, 0) is 0 Å². The maximum absolute atomic E-state index is 11.9. The number of carbonyl (C=O) groups excluding carboxylic acids is 1. The molecule has 0 bridgehead atoms. The van der Waals surface area contributed by atoms with Crippen molar-refractivity contribution in [2.24, 2.45) is 5.92 Å². The topological polar surface area (TPSA) is 81.0 Å². The molecule has 0 spiro atoms. The second-order valence-corrected chi connectivity index (χ2v) is 6.66. The van der Waals surface area contributed by atoms with Crippen molar-refractivity contribution < 1.29 is 4.79 Å². The smallest absolute Gasteiger partial charge is 0.323 e. The van der Waals surface area contributed by atoms with Gasteiger partial charge in [0.1, 0.15) is 5.69 Å². The van der Waals surface area contributed by atoms with E-state index < -0.39 is 0 Å². The monoisotopic (exact) mass is 306 g/mol. The van der Waals surface area contributed by atoms with E-state index in [1.807, 2.05) is 0 Å². The van der Waals surface area contributed by atoms with E-state index in [2.05, 4.69) is 20.2 Å². The first-order chi connectivity index (χ1) is 10.7. The van der Waals surface area contributed by atoms with E-state index in [0.717, 1.165) is 25.6 Å². The van der Waals surface area contributed by atoms with Crippen molar-refractivity contribution in [3.8, 4) is 0 Å². The summed E-state index contributed by atoms with van der Waals surface area (Å²) in [6, 6.07) is 0.754. The standard InChI is InChI=1S/C16H26N4O2/c21-15(14-10-18-16(22)19-14)17-9-12-7-8-20(11-12)13-5-3-1-2-4-6-13/h10,12-13H,1-9,11H2,(H,17,21)(H2,18,19,22)/t12-/m1/s1. The zero-order valence-corrected chi connectivity index (χ0v) is 13.1. The summed E-state index contributed by atoms with van der Waals surface area (Å²) in [5.74, 6) is 0.323. The summed E-state index contributed by atoms with van der Waals surface area (Å²) in [6.07, 6.45) is 10.8. The molecule has 1 aliphatic heterocycles. The highest BCUT2D eigenvalue weighted by molar-refractivity contribution is 5.91. The number of nitrogens with one attached hydrogen (secondary N) is 3. The lowest BCUT2D eigenvalue weighted by molar-refractivity contribution is 0.0942. The molecule has 1 amide bonds. The van der Waals surface area contributed by atoms with Crippen LogP contribution in [0.5, 0.6) is 0 Å². The van der Waals surface area contributed by atoms with Gasteiger partial charge >= 0.3 is 5.69 Å². The first-order valence-electron chi connectivity index (χ1n) is 8.52. The number of nitrogens with zero attached hydrogens (tertiary/aromatic N) is 1. The number of likely N-dealkylation sites (tertiary alicyclic amines) is 1. The number of H-pyrrole nitrogens is 2. The number of hydrogen-bond acceptors (Lipinski definition) is 3. The third kappa shape index (κ3) is 3.80. The van der Waals surface area contributed by atoms with Crippen molar-refractivity contribution >= 4 is 5.91 Å². The predicted molar refractivity (Wildman–Crippen MR) is 84.9 cm³/mol. The molecule has 2 heterocycles. The van der Waals surface area contributed by atoms with Crippen molar-refractivity contribution in [1.29, 1.82) is 0 Å². The summed E-state index contributed by atoms with van der Waals surface area (Å²) in [7, 11) is 0. The fraction of sp³-hybridized carbons (Fsp3) is 0.750. The second kappa shape index (κ2) is 7.13. The molecule has 1 aliphatic carbocycles. The quantitative estimate of drug-likeness (QED) is 0.737. The molecule has 0 radical (unpaired) electrons. The Balaban J connectivity index is 1.44. The molecule has 1 aromatic rings. The summed E-state index contributed by atoms with van der Waals surface area (Å²) < 4.78 is 0. The Morgan fingerprint density at radius 1 is 1.23 bits per heavy atom. The summed E-state index contributed by atoms with van der Waals surface area (Å²) in [6.45, 7) is 2.94. The molecule has 0 unspecified atom stereocenters. The maximum atomic E-state index is 11.9. The number of aromatic nitrogens is 2. The number of hydrogen-bond donors (Lipinski definition) is 3. The molecule has 0 aromatic carbocycles. The van der Waals surface area contributed by atoms with Crippen molar-refractivity contribution in [1.82, 2.24) is 20.2 Å². The van der Waals surface area contributed by atoms with Gasteiger partial charge in [0.25, 0.3) is 5.91 Å². The van der Waals surface area contributed by atoms with E-state index in [9.17, 15) is 9.59 Å². The van der Waals surface area contributed by atoms with Crippen molar-refractivity contribution in [3.05, 3.63) is 22.4 Å². The van der Waals surface area contributed by atoms with Gasteiger partial charge in [-0.2, -0.15) is 0 Å². The van der Waals surface area contributed by atoms with Crippen molar-refractivity contribution in [2.45, 2.75) is 51.0 Å². The molecule has 2 fully saturated rings. The van der Waals surface area contributed by atoms with E-state index >= 15 is 0 Å². The van der Waals surface area contributed by atoms with Gasteiger partial charge in [-0.15, -0.1) is 0 Å².